The van der Waals surface area contributed by atoms with Crippen LogP contribution in [0, 0.1) is 6.92 Å². The minimum atomic E-state index is 0.547. The van der Waals surface area contributed by atoms with Crippen LogP contribution in [0.25, 0.3) is 21.9 Å². The van der Waals surface area contributed by atoms with Gasteiger partial charge in [0.1, 0.15) is 0 Å². The molecule has 5 rings (SSSR count). The Morgan fingerprint density at radius 1 is 0.933 bits per heavy atom. The summed E-state index contributed by atoms with van der Waals surface area (Å²) in [4.78, 5) is 16.0. The molecule has 146 valence electrons. The minimum absolute atomic E-state index is 0.547. The number of nitrogens with zero attached hydrogens (tertiary/aromatic N) is 3. The lowest BCUT2D eigenvalue weighted by Crippen LogP contribution is -2.20. The molecule has 6 heteroatoms. The topological polar surface area (TPSA) is 81.2 Å². The van der Waals surface area contributed by atoms with Gasteiger partial charge in [-0.05, 0) is 37.3 Å². The average molecular weight is 392 g/mol. The highest BCUT2D eigenvalue weighted by Crippen LogP contribution is 2.17. The van der Waals surface area contributed by atoms with Crippen LogP contribution in [0.1, 0.15) is 17.0 Å². The lowest BCUT2D eigenvalue weighted by molar-refractivity contribution is 1.01. The van der Waals surface area contributed by atoms with Crippen molar-refractivity contribution >= 4 is 39.7 Å². The van der Waals surface area contributed by atoms with Crippen LogP contribution in [0.5, 0.6) is 0 Å². The van der Waals surface area contributed by atoms with Gasteiger partial charge in [-0.2, -0.15) is 5.10 Å². The molecule has 0 saturated carbocycles. The lowest BCUT2D eigenvalue weighted by atomic mass is 10.2. The molecule has 0 atom stereocenters. The Kier molecular flexibility index (Phi) is 4.57. The molecule has 0 spiro atoms. The molecule has 3 aromatic carbocycles. The molecule has 5 aromatic rings. The first-order chi connectivity index (χ1) is 14.8. The highest BCUT2D eigenvalue weighted by Gasteiger charge is 2.10. The number of aromatic nitrogens is 3. The Morgan fingerprint density at radius 3 is 2.53 bits per heavy atom. The van der Waals surface area contributed by atoms with E-state index in [0.29, 0.717) is 11.7 Å². The summed E-state index contributed by atoms with van der Waals surface area (Å²) in [7, 11) is 0. The Bertz CT molecular complexity index is 1340. The van der Waals surface area contributed by atoms with E-state index in [-0.39, 0.29) is 0 Å². The van der Waals surface area contributed by atoms with Gasteiger partial charge >= 0.3 is 0 Å². The molecule has 0 saturated heterocycles. The standard InChI is InChI=1S/C24H20N6/c1-16-10-12-18(13-11-16)27-24(23-28-21-8-4-5-9-22(21)29-23)30-26-15-17-14-25-20-7-3-2-6-19(17)20/h2-15,25H,1H3,(H,27,30)(H,28,29)/b26-15+. The molecule has 0 fully saturated rings. The van der Waals surface area contributed by atoms with Gasteiger partial charge in [0.25, 0.3) is 0 Å². The van der Waals surface area contributed by atoms with Gasteiger partial charge in [-0.15, -0.1) is 0 Å². The van der Waals surface area contributed by atoms with Gasteiger partial charge < -0.3 is 9.97 Å². The second-order valence-corrected chi connectivity index (χ2v) is 7.06. The van der Waals surface area contributed by atoms with E-state index in [0.717, 1.165) is 33.2 Å². The molecule has 0 amide bonds. The number of imidazole rings is 1. The van der Waals surface area contributed by atoms with E-state index < -0.39 is 0 Å². The number of benzene rings is 3. The van der Waals surface area contributed by atoms with Gasteiger partial charge in [0, 0.05) is 22.7 Å². The number of hydrazone groups is 1. The fourth-order valence-corrected chi connectivity index (χ4v) is 3.31. The highest BCUT2D eigenvalue weighted by molar-refractivity contribution is 6.02. The minimum Gasteiger partial charge on any atom is -0.361 e. The van der Waals surface area contributed by atoms with Gasteiger partial charge in [-0.1, -0.05) is 48.0 Å². The summed E-state index contributed by atoms with van der Waals surface area (Å²) >= 11 is 0. The summed E-state index contributed by atoms with van der Waals surface area (Å²) in [5, 5.41) is 5.55. The number of hydrogen-bond acceptors (Lipinski definition) is 3. The van der Waals surface area contributed by atoms with E-state index in [1.54, 1.807) is 6.21 Å². The molecule has 0 unspecified atom stereocenters. The summed E-state index contributed by atoms with van der Waals surface area (Å²) in [5.41, 5.74) is 8.99. The fraction of sp³-hybridized carbons (Fsp3) is 0.0417. The molecule has 3 N–H and O–H groups in total. The molecule has 0 bridgehead atoms. The van der Waals surface area contributed by atoms with Crippen molar-refractivity contribution in [2.24, 2.45) is 10.1 Å². The van der Waals surface area contributed by atoms with E-state index in [9.17, 15) is 0 Å². The average Bonchev–Trinajstić information content (AvgIpc) is 3.39. The Labute approximate surface area is 173 Å². The highest BCUT2D eigenvalue weighted by atomic mass is 15.3. The van der Waals surface area contributed by atoms with E-state index in [1.807, 2.05) is 72.9 Å². The summed E-state index contributed by atoms with van der Waals surface area (Å²) in [6.07, 6.45) is 3.72. The zero-order valence-electron chi connectivity index (χ0n) is 16.4. The number of amidine groups is 1. The number of aryl methyl sites for hydroxylation is 1. The van der Waals surface area contributed by atoms with Gasteiger partial charge in [-0.3, -0.25) is 5.43 Å². The first kappa shape index (κ1) is 17.9. The van der Waals surface area contributed by atoms with Crippen LogP contribution in [0.4, 0.5) is 5.69 Å². The van der Waals surface area contributed by atoms with Gasteiger partial charge in [0.05, 0.1) is 22.9 Å². The second kappa shape index (κ2) is 7.67. The molecule has 0 aliphatic heterocycles. The Hall–Kier alpha value is -4.19. The zero-order valence-corrected chi connectivity index (χ0v) is 16.4. The summed E-state index contributed by atoms with van der Waals surface area (Å²) in [5.74, 6) is 1.18. The van der Waals surface area contributed by atoms with E-state index in [1.165, 1.54) is 5.56 Å². The number of H-pyrrole nitrogens is 2. The van der Waals surface area contributed by atoms with Crippen LogP contribution in [0.15, 0.2) is 89.1 Å². The number of nitrogens with one attached hydrogen (secondary N) is 3. The van der Waals surface area contributed by atoms with Crippen molar-refractivity contribution in [1.29, 1.82) is 0 Å². The third-order valence-corrected chi connectivity index (χ3v) is 4.88. The number of para-hydroxylation sites is 3. The number of aliphatic imine (C=N–C) groups is 1. The van der Waals surface area contributed by atoms with Crippen molar-refractivity contribution in [2.45, 2.75) is 6.92 Å². The molecule has 0 aliphatic rings. The maximum absolute atomic E-state index is 4.74. The van der Waals surface area contributed by atoms with Crippen molar-refractivity contribution in [2.75, 3.05) is 0 Å². The van der Waals surface area contributed by atoms with Crippen LogP contribution in [0.3, 0.4) is 0 Å². The lowest BCUT2D eigenvalue weighted by Gasteiger charge is -2.03. The molecule has 0 aliphatic carbocycles. The first-order valence-corrected chi connectivity index (χ1v) is 9.72. The smallest absolute Gasteiger partial charge is 0.190 e. The van der Waals surface area contributed by atoms with E-state index in [2.05, 4.69) is 38.5 Å². The normalized spacial score (nSPS) is 12.2. The monoisotopic (exact) mass is 392 g/mol. The summed E-state index contributed by atoms with van der Waals surface area (Å²) < 4.78 is 0. The van der Waals surface area contributed by atoms with Crippen LogP contribution >= 0.6 is 0 Å². The predicted molar refractivity (Wildman–Crippen MR) is 122 cm³/mol. The number of aromatic amines is 2. The molecule has 2 aromatic heterocycles. The zero-order chi connectivity index (χ0) is 20.3. The van der Waals surface area contributed by atoms with Crippen LogP contribution in [-0.2, 0) is 0 Å². The molecule has 6 nitrogen and oxygen atoms in total. The Balaban J connectivity index is 1.49. The summed E-state index contributed by atoms with van der Waals surface area (Å²) in [6.45, 7) is 2.05. The van der Waals surface area contributed by atoms with Crippen molar-refractivity contribution in [3.8, 4) is 0 Å². The quantitative estimate of drug-likeness (QED) is 0.227. The molecule has 0 radical (unpaired) electrons. The maximum Gasteiger partial charge on any atom is 0.190 e. The van der Waals surface area contributed by atoms with Crippen molar-refractivity contribution in [1.82, 2.24) is 20.4 Å². The predicted octanol–water partition coefficient (Wildman–Crippen LogP) is 5.05. The van der Waals surface area contributed by atoms with Gasteiger partial charge in [0.15, 0.2) is 11.7 Å². The second-order valence-electron chi connectivity index (χ2n) is 7.06. The first-order valence-electron chi connectivity index (χ1n) is 9.72. The third kappa shape index (κ3) is 3.58. The van der Waals surface area contributed by atoms with Crippen molar-refractivity contribution in [3.63, 3.8) is 0 Å². The van der Waals surface area contributed by atoms with E-state index >= 15 is 0 Å². The Morgan fingerprint density at radius 2 is 1.70 bits per heavy atom. The third-order valence-electron chi connectivity index (χ3n) is 4.88. The SMILES string of the molecule is Cc1ccc(N=C(N/N=C/c2c[nH]c3ccccc23)c2nc3ccccc3[nH]2)cc1. The summed E-state index contributed by atoms with van der Waals surface area (Å²) in [6, 6.07) is 24.0. The number of fused-ring (bicyclic) bond motifs is 2. The van der Waals surface area contributed by atoms with Crippen LogP contribution in [0.2, 0.25) is 0 Å². The van der Waals surface area contributed by atoms with Crippen molar-refractivity contribution in [3.05, 3.63) is 95.9 Å². The van der Waals surface area contributed by atoms with E-state index in [4.69, 9.17) is 4.99 Å². The van der Waals surface area contributed by atoms with Crippen molar-refractivity contribution < 1.29 is 0 Å². The molecule has 30 heavy (non-hydrogen) atoms. The molecule has 2 heterocycles. The van der Waals surface area contributed by atoms with Crippen LogP contribution in [-0.4, -0.2) is 27.0 Å². The fourth-order valence-electron chi connectivity index (χ4n) is 3.31. The van der Waals surface area contributed by atoms with Gasteiger partial charge in [0.2, 0.25) is 0 Å². The largest absolute Gasteiger partial charge is 0.361 e. The van der Waals surface area contributed by atoms with Gasteiger partial charge in [-0.25, -0.2) is 9.98 Å². The number of hydrogen-bond donors (Lipinski definition) is 3. The number of rotatable bonds is 4. The molecular formula is C24H20N6. The van der Waals surface area contributed by atoms with Crippen LogP contribution < -0.4 is 5.43 Å². The molecular weight excluding hydrogens is 372 g/mol. The maximum atomic E-state index is 4.74.